The molecule has 0 amide bonds. The van der Waals surface area contributed by atoms with E-state index in [2.05, 4.69) is 17.3 Å². The predicted octanol–water partition coefficient (Wildman–Crippen LogP) is 1.57. The Kier molecular flexibility index (Phi) is 2.73. The molecule has 0 aromatic rings. The van der Waals surface area contributed by atoms with Crippen LogP contribution in [0, 0.1) is 23.7 Å². The van der Waals surface area contributed by atoms with Crippen molar-refractivity contribution in [2.75, 3.05) is 33.2 Å². The quantitative estimate of drug-likeness (QED) is 0.704. The summed E-state index contributed by atoms with van der Waals surface area (Å²) in [6, 6.07) is 0. The van der Waals surface area contributed by atoms with Crippen molar-refractivity contribution in [3.63, 3.8) is 0 Å². The summed E-state index contributed by atoms with van der Waals surface area (Å²) in [4.78, 5) is 2.49. The Labute approximate surface area is 93.4 Å². The molecule has 2 heteroatoms. The van der Waals surface area contributed by atoms with Gasteiger partial charge in [0.15, 0.2) is 0 Å². The van der Waals surface area contributed by atoms with Crippen molar-refractivity contribution < 1.29 is 0 Å². The minimum atomic E-state index is 1.04. The first-order valence-electron chi connectivity index (χ1n) is 6.72. The number of nitrogens with one attached hydrogen (secondary N) is 1. The van der Waals surface area contributed by atoms with Crippen molar-refractivity contribution >= 4 is 0 Å². The van der Waals surface area contributed by atoms with Crippen LogP contribution in [0.2, 0.25) is 0 Å². The molecule has 2 aliphatic heterocycles. The van der Waals surface area contributed by atoms with Crippen molar-refractivity contribution in [1.29, 1.82) is 0 Å². The van der Waals surface area contributed by atoms with Gasteiger partial charge in [0.1, 0.15) is 0 Å². The lowest BCUT2D eigenvalue weighted by Crippen LogP contribution is -2.33. The standard InChI is InChI=1S/C13H24N2/c1-15-4-2-10(3-5-15)11-6-12-8-14-9-13(12)7-11/h10-14H,2-9H2,1H3. The van der Waals surface area contributed by atoms with Gasteiger partial charge in [-0.05, 0) is 82.6 Å². The van der Waals surface area contributed by atoms with Crippen LogP contribution in [0.1, 0.15) is 25.7 Å². The van der Waals surface area contributed by atoms with Crippen LogP contribution in [0.4, 0.5) is 0 Å². The summed E-state index contributed by atoms with van der Waals surface area (Å²) in [5, 5.41) is 3.55. The lowest BCUT2D eigenvalue weighted by molar-refractivity contribution is 0.168. The van der Waals surface area contributed by atoms with E-state index in [1.807, 2.05) is 0 Å². The second-order valence-electron chi connectivity index (χ2n) is 6.05. The second kappa shape index (κ2) is 4.06. The van der Waals surface area contributed by atoms with E-state index in [0.29, 0.717) is 0 Å². The molecule has 2 heterocycles. The molecule has 1 saturated carbocycles. The van der Waals surface area contributed by atoms with Crippen LogP contribution in [0.15, 0.2) is 0 Å². The molecule has 86 valence electrons. The zero-order valence-electron chi connectivity index (χ0n) is 9.91. The van der Waals surface area contributed by atoms with Crippen LogP contribution in [0.5, 0.6) is 0 Å². The van der Waals surface area contributed by atoms with Crippen LogP contribution in [0.25, 0.3) is 0 Å². The largest absolute Gasteiger partial charge is 0.316 e. The van der Waals surface area contributed by atoms with E-state index in [1.54, 1.807) is 0 Å². The van der Waals surface area contributed by atoms with E-state index in [0.717, 1.165) is 23.7 Å². The number of piperidine rings is 1. The Bertz CT molecular complexity index is 209. The third-order valence-corrected chi connectivity index (χ3v) is 5.12. The van der Waals surface area contributed by atoms with Gasteiger partial charge in [-0.2, -0.15) is 0 Å². The summed E-state index contributed by atoms with van der Waals surface area (Å²) < 4.78 is 0. The maximum atomic E-state index is 3.55. The average Bonchev–Trinajstić information content (AvgIpc) is 2.78. The molecule has 15 heavy (non-hydrogen) atoms. The minimum Gasteiger partial charge on any atom is -0.316 e. The van der Waals surface area contributed by atoms with Crippen LogP contribution in [-0.4, -0.2) is 38.1 Å². The lowest BCUT2D eigenvalue weighted by atomic mass is 9.82. The normalized spacial score (nSPS) is 43.4. The Hall–Kier alpha value is -0.0800. The molecule has 0 spiro atoms. The van der Waals surface area contributed by atoms with Gasteiger partial charge < -0.3 is 10.2 Å². The third-order valence-electron chi connectivity index (χ3n) is 5.12. The fraction of sp³-hybridized carbons (Fsp3) is 1.00. The van der Waals surface area contributed by atoms with E-state index >= 15 is 0 Å². The highest BCUT2D eigenvalue weighted by Crippen LogP contribution is 2.44. The molecular weight excluding hydrogens is 184 g/mol. The molecule has 3 fully saturated rings. The number of likely N-dealkylation sites (tertiary alicyclic amines) is 1. The van der Waals surface area contributed by atoms with E-state index in [9.17, 15) is 0 Å². The second-order valence-corrected chi connectivity index (χ2v) is 6.05. The Balaban J connectivity index is 1.56. The highest BCUT2D eigenvalue weighted by molar-refractivity contribution is 4.93. The van der Waals surface area contributed by atoms with Gasteiger partial charge in [-0.3, -0.25) is 0 Å². The van der Waals surface area contributed by atoms with Gasteiger partial charge in [0.25, 0.3) is 0 Å². The van der Waals surface area contributed by atoms with Crippen molar-refractivity contribution in [3.8, 4) is 0 Å². The number of hydrogen-bond acceptors (Lipinski definition) is 2. The Morgan fingerprint density at radius 1 is 0.867 bits per heavy atom. The minimum absolute atomic E-state index is 1.04. The molecule has 2 atom stereocenters. The summed E-state index contributed by atoms with van der Waals surface area (Å²) in [5.74, 6) is 4.21. The Morgan fingerprint density at radius 2 is 1.47 bits per heavy atom. The topological polar surface area (TPSA) is 15.3 Å². The SMILES string of the molecule is CN1CCC(C2CC3CNCC3C2)CC1. The smallest absolute Gasteiger partial charge is 0.00172 e. The lowest BCUT2D eigenvalue weighted by Gasteiger charge is -2.33. The van der Waals surface area contributed by atoms with Crippen LogP contribution < -0.4 is 5.32 Å². The third kappa shape index (κ3) is 1.94. The number of hydrogen-bond donors (Lipinski definition) is 1. The predicted molar refractivity (Wildman–Crippen MR) is 62.8 cm³/mol. The van der Waals surface area contributed by atoms with Crippen LogP contribution >= 0.6 is 0 Å². The van der Waals surface area contributed by atoms with Gasteiger partial charge in [-0.25, -0.2) is 0 Å². The zero-order valence-corrected chi connectivity index (χ0v) is 9.91. The first kappa shape index (κ1) is 10.1. The van der Waals surface area contributed by atoms with Crippen molar-refractivity contribution in [2.24, 2.45) is 23.7 Å². The zero-order chi connectivity index (χ0) is 10.3. The molecule has 0 bridgehead atoms. The van der Waals surface area contributed by atoms with Gasteiger partial charge in [-0.15, -0.1) is 0 Å². The molecule has 1 N–H and O–H groups in total. The van der Waals surface area contributed by atoms with E-state index in [4.69, 9.17) is 0 Å². The molecule has 1 aliphatic carbocycles. The van der Waals surface area contributed by atoms with E-state index in [1.165, 1.54) is 51.9 Å². The molecule has 0 aromatic carbocycles. The van der Waals surface area contributed by atoms with E-state index < -0.39 is 0 Å². The number of nitrogens with zero attached hydrogens (tertiary/aromatic N) is 1. The summed E-state index contributed by atoms with van der Waals surface area (Å²) in [5.41, 5.74) is 0. The van der Waals surface area contributed by atoms with Gasteiger partial charge in [0.2, 0.25) is 0 Å². The first-order valence-corrected chi connectivity index (χ1v) is 6.72. The van der Waals surface area contributed by atoms with Crippen LogP contribution in [0.3, 0.4) is 0 Å². The fourth-order valence-electron chi connectivity index (χ4n) is 4.10. The van der Waals surface area contributed by atoms with Crippen molar-refractivity contribution in [3.05, 3.63) is 0 Å². The summed E-state index contributed by atoms with van der Waals surface area (Å²) >= 11 is 0. The molecule has 3 aliphatic rings. The van der Waals surface area contributed by atoms with Gasteiger partial charge in [0, 0.05) is 0 Å². The highest BCUT2D eigenvalue weighted by Gasteiger charge is 2.40. The first-order chi connectivity index (χ1) is 7.33. The van der Waals surface area contributed by atoms with Crippen molar-refractivity contribution in [2.45, 2.75) is 25.7 Å². The molecule has 0 aromatic heterocycles. The summed E-state index contributed by atoms with van der Waals surface area (Å²) in [6.45, 7) is 5.31. The molecule has 2 nitrogen and oxygen atoms in total. The monoisotopic (exact) mass is 208 g/mol. The van der Waals surface area contributed by atoms with E-state index in [-0.39, 0.29) is 0 Å². The molecule has 2 unspecified atom stereocenters. The summed E-state index contributed by atoms with van der Waals surface area (Å²) in [7, 11) is 2.27. The highest BCUT2D eigenvalue weighted by atomic mass is 15.1. The molecule has 2 saturated heterocycles. The molecule has 3 rings (SSSR count). The average molecular weight is 208 g/mol. The maximum absolute atomic E-state index is 3.55. The summed E-state index contributed by atoms with van der Waals surface area (Å²) in [6.07, 6.45) is 6.00. The van der Waals surface area contributed by atoms with Gasteiger partial charge >= 0.3 is 0 Å². The fourth-order valence-corrected chi connectivity index (χ4v) is 4.10. The van der Waals surface area contributed by atoms with Crippen molar-refractivity contribution in [1.82, 2.24) is 10.2 Å². The van der Waals surface area contributed by atoms with Gasteiger partial charge in [-0.1, -0.05) is 0 Å². The molecular formula is C13H24N2. The maximum Gasteiger partial charge on any atom is -0.00172 e. The Morgan fingerprint density at radius 3 is 2.07 bits per heavy atom. The van der Waals surface area contributed by atoms with Crippen LogP contribution in [-0.2, 0) is 0 Å². The number of rotatable bonds is 1. The van der Waals surface area contributed by atoms with Gasteiger partial charge in [0.05, 0.1) is 0 Å². The number of fused-ring (bicyclic) bond motifs is 1. The molecule has 0 radical (unpaired) electrons.